The second-order valence-electron chi connectivity index (χ2n) is 8.49. The number of ketones is 1. The quantitative estimate of drug-likeness (QED) is 0.121. The molecule has 3 heteroatoms. The highest BCUT2D eigenvalue weighted by molar-refractivity contribution is 5.91. The molecule has 0 aromatic carbocycles. The van der Waals surface area contributed by atoms with Crippen LogP contribution in [0.1, 0.15) is 127 Å². The van der Waals surface area contributed by atoms with E-state index in [9.17, 15) is 4.79 Å². The van der Waals surface area contributed by atoms with Gasteiger partial charge in [-0.1, -0.05) is 70.4 Å². The van der Waals surface area contributed by atoms with E-state index < -0.39 is 0 Å². The van der Waals surface area contributed by atoms with Crippen LogP contribution < -0.4 is 4.57 Å². The molecule has 0 radical (unpaired) electrons. The summed E-state index contributed by atoms with van der Waals surface area (Å²) < 4.78 is 4.04. The number of carbonyl (C=O) groups excluding carboxylic acids is 1. The molecule has 160 valence electrons. The van der Waals surface area contributed by atoms with E-state index in [1.54, 1.807) is 0 Å². The molecule has 0 aliphatic rings. The van der Waals surface area contributed by atoms with Crippen molar-refractivity contribution >= 4 is 5.78 Å². The molecule has 0 saturated carbocycles. The average molecular weight is 390 g/mol. The van der Waals surface area contributed by atoms with Crippen molar-refractivity contribution in [2.75, 3.05) is 0 Å². The molecule has 28 heavy (non-hydrogen) atoms. The summed E-state index contributed by atoms with van der Waals surface area (Å²) in [6.45, 7) is 6.52. The van der Waals surface area contributed by atoms with Crippen LogP contribution >= 0.6 is 0 Å². The number of Topliss-reactive ketones (excluding diaryl/α,β-unsaturated/α-hetero) is 1. The number of hydrogen-bond acceptors (Lipinski definition) is 1. The number of nitrogens with zero attached hydrogens (tertiary/aromatic N) is 2. The highest BCUT2D eigenvalue weighted by Crippen LogP contribution is 2.13. The number of unbranched alkanes of at least 4 members (excludes halogenated alkanes) is 11. The van der Waals surface area contributed by atoms with E-state index in [0.29, 0.717) is 12.5 Å². The molecule has 1 rings (SSSR count). The first kappa shape index (κ1) is 24.7. The summed E-state index contributed by atoms with van der Waals surface area (Å²) in [5.41, 5.74) is 0. The van der Waals surface area contributed by atoms with E-state index in [4.69, 9.17) is 0 Å². The Morgan fingerprint density at radius 1 is 0.929 bits per heavy atom. The topological polar surface area (TPSA) is 25.9 Å². The Balaban J connectivity index is 2.00. The molecule has 0 aliphatic carbocycles. The molecule has 0 saturated heterocycles. The zero-order valence-corrected chi connectivity index (χ0v) is 19.1. The number of carbonyl (C=O) groups is 1. The fraction of sp³-hybridized carbons (Fsp3) is 0.760. The first-order chi connectivity index (χ1) is 13.6. The fourth-order valence-corrected chi connectivity index (χ4v) is 3.72. The Morgan fingerprint density at radius 2 is 1.46 bits per heavy atom. The predicted octanol–water partition coefficient (Wildman–Crippen LogP) is 7.11. The standard InChI is InChI=1S/C25H45N2O/c1-5-6-7-8-9-10-11-12-13-14-15-16-17-18-19-20-24(28)25-26(4)21-22-27(25)23(2)3/h12-13,21-23H,5-11,14-20H2,1-4H3/q+1. The first-order valence-electron chi connectivity index (χ1n) is 11.8. The zero-order valence-electron chi connectivity index (χ0n) is 19.1. The van der Waals surface area contributed by atoms with Gasteiger partial charge in [-0.25, -0.2) is 9.13 Å². The van der Waals surface area contributed by atoms with E-state index in [1.165, 1.54) is 77.0 Å². The molecule has 0 bridgehead atoms. The highest BCUT2D eigenvalue weighted by Gasteiger charge is 2.24. The van der Waals surface area contributed by atoms with Crippen LogP contribution in [0.15, 0.2) is 24.5 Å². The maximum Gasteiger partial charge on any atom is 0.325 e. The first-order valence-corrected chi connectivity index (χ1v) is 11.8. The van der Waals surface area contributed by atoms with E-state index in [1.807, 2.05) is 24.0 Å². The number of allylic oxidation sites excluding steroid dienone is 2. The molecular weight excluding hydrogens is 344 g/mol. The van der Waals surface area contributed by atoms with Gasteiger partial charge >= 0.3 is 5.82 Å². The minimum absolute atomic E-state index is 0.277. The minimum atomic E-state index is 0.277. The van der Waals surface area contributed by atoms with Crippen molar-refractivity contribution in [2.45, 2.75) is 117 Å². The van der Waals surface area contributed by atoms with Crippen LogP contribution in [-0.2, 0) is 7.05 Å². The lowest BCUT2D eigenvalue weighted by molar-refractivity contribution is -0.673. The fourth-order valence-electron chi connectivity index (χ4n) is 3.72. The second kappa shape index (κ2) is 15.5. The van der Waals surface area contributed by atoms with Crippen molar-refractivity contribution < 1.29 is 9.36 Å². The van der Waals surface area contributed by atoms with Gasteiger partial charge in [-0.2, -0.15) is 0 Å². The van der Waals surface area contributed by atoms with Gasteiger partial charge in [-0.05, 0) is 46.0 Å². The van der Waals surface area contributed by atoms with Crippen LogP contribution in [0.25, 0.3) is 0 Å². The lowest BCUT2D eigenvalue weighted by Gasteiger charge is -2.05. The largest absolute Gasteiger partial charge is 0.325 e. The molecule has 1 aromatic rings. The van der Waals surface area contributed by atoms with Gasteiger partial charge in [0.1, 0.15) is 12.4 Å². The van der Waals surface area contributed by atoms with Gasteiger partial charge in [0.2, 0.25) is 5.78 Å². The molecule has 0 aliphatic heterocycles. The van der Waals surface area contributed by atoms with E-state index >= 15 is 0 Å². The zero-order chi connectivity index (χ0) is 20.6. The van der Waals surface area contributed by atoms with E-state index in [2.05, 4.69) is 37.5 Å². The molecule has 0 N–H and O–H groups in total. The minimum Gasteiger partial charge on any atom is -0.286 e. The van der Waals surface area contributed by atoms with Crippen molar-refractivity contribution in [1.82, 2.24) is 4.57 Å². The van der Waals surface area contributed by atoms with Gasteiger partial charge in [0.15, 0.2) is 0 Å². The monoisotopic (exact) mass is 389 g/mol. The number of aromatic nitrogens is 2. The smallest absolute Gasteiger partial charge is 0.286 e. The Kier molecular flexibility index (Phi) is 13.7. The Bertz CT molecular complexity index is 557. The molecule has 1 heterocycles. The third kappa shape index (κ3) is 10.2. The summed E-state index contributed by atoms with van der Waals surface area (Å²) in [7, 11) is 1.96. The normalized spacial score (nSPS) is 11.8. The summed E-state index contributed by atoms with van der Waals surface area (Å²) in [6, 6.07) is 0.328. The molecule has 0 amide bonds. The lowest BCUT2D eigenvalue weighted by Crippen LogP contribution is -2.35. The molecule has 0 spiro atoms. The molecule has 0 atom stereocenters. The second-order valence-corrected chi connectivity index (χ2v) is 8.49. The van der Waals surface area contributed by atoms with Crippen LogP contribution in [0.2, 0.25) is 0 Å². The Labute approximate surface area is 174 Å². The number of aryl methyl sites for hydroxylation is 1. The van der Waals surface area contributed by atoms with Crippen LogP contribution in [0.4, 0.5) is 0 Å². The van der Waals surface area contributed by atoms with Crippen molar-refractivity contribution in [1.29, 1.82) is 0 Å². The number of rotatable bonds is 17. The van der Waals surface area contributed by atoms with Crippen LogP contribution in [0.5, 0.6) is 0 Å². The van der Waals surface area contributed by atoms with Gasteiger partial charge in [0, 0.05) is 6.42 Å². The van der Waals surface area contributed by atoms with Crippen molar-refractivity contribution in [3.63, 3.8) is 0 Å². The number of imidazole rings is 1. The molecule has 0 fully saturated rings. The molecule has 1 aromatic heterocycles. The summed E-state index contributed by atoms with van der Waals surface area (Å²) in [5.74, 6) is 1.12. The predicted molar refractivity (Wildman–Crippen MR) is 120 cm³/mol. The third-order valence-electron chi connectivity index (χ3n) is 5.50. The Morgan fingerprint density at radius 3 is 2.04 bits per heavy atom. The van der Waals surface area contributed by atoms with Crippen LogP contribution in [0, 0.1) is 0 Å². The summed E-state index contributed by atoms with van der Waals surface area (Å²) in [6.07, 6.45) is 26.2. The maximum absolute atomic E-state index is 12.5. The Hall–Kier alpha value is -1.38. The summed E-state index contributed by atoms with van der Waals surface area (Å²) >= 11 is 0. The molecule has 0 unspecified atom stereocenters. The van der Waals surface area contributed by atoms with Gasteiger partial charge in [0.25, 0.3) is 0 Å². The van der Waals surface area contributed by atoms with Gasteiger partial charge in [-0.3, -0.25) is 4.79 Å². The van der Waals surface area contributed by atoms with Crippen molar-refractivity contribution in [3.8, 4) is 0 Å². The third-order valence-corrected chi connectivity index (χ3v) is 5.50. The molecule has 3 nitrogen and oxygen atoms in total. The van der Waals surface area contributed by atoms with Gasteiger partial charge in [0.05, 0.1) is 13.1 Å². The van der Waals surface area contributed by atoms with Crippen LogP contribution in [-0.4, -0.2) is 10.4 Å². The summed E-state index contributed by atoms with van der Waals surface area (Å²) in [4.78, 5) is 12.5. The van der Waals surface area contributed by atoms with E-state index in [-0.39, 0.29) is 5.78 Å². The summed E-state index contributed by atoms with van der Waals surface area (Å²) in [5, 5.41) is 0. The van der Waals surface area contributed by atoms with Gasteiger partial charge in [-0.15, -0.1) is 0 Å². The highest BCUT2D eigenvalue weighted by atomic mass is 16.1. The van der Waals surface area contributed by atoms with Gasteiger partial charge < -0.3 is 0 Å². The van der Waals surface area contributed by atoms with Crippen molar-refractivity contribution in [2.24, 2.45) is 7.05 Å². The maximum atomic E-state index is 12.5. The van der Waals surface area contributed by atoms with Crippen LogP contribution in [0.3, 0.4) is 0 Å². The number of hydrogen-bond donors (Lipinski definition) is 0. The SMILES string of the molecule is CCCCCCCCC=CCCCCCCCC(=O)c1n(C(C)C)cc[n+]1C. The molecular formula is C25H45N2O+. The average Bonchev–Trinajstić information content (AvgIpc) is 3.06. The lowest BCUT2D eigenvalue weighted by atomic mass is 10.1. The van der Waals surface area contributed by atoms with E-state index in [0.717, 1.165) is 12.2 Å². The van der Waals surface area contributed by atoms with Crippen molar-refractivity contribution in [3.05, 3.63) is 30.4 Å².